The van der Waals surface area contributed by atoms with Gasteiger partial charge in [-0.1, -0.05) is 29.8 Å². The van der Waals surface area contributed by atoms with Gasteiger partial charge in [-0.3, -0.25) is 0 Å². The van der Waals surface area contributed by atoms with Gasteiger partial charge in [-0.15, -0.1) is 11.8 Å². The molecule has 0 aliphatic carbocycles. The molecule has 1 unspecified atom stereocenters. The van der Waals surface area contributed by atoms with Crippen molar-refractivity contribution in [3.8, 4) is 0 Å². The number of thioether (sulfide) groups is 1. The predicted octanol–water partition coefficient (Wildman–Crippen LogP) is 4.04. The summed E-state index contributed by atoms with van der Waals surface area (Å²) in [5, 5.41) is -1.41. The zero-order chi connectivity index (χ0) is 11.1. The molecule has 0 N–H and O–H groups in total. The van der Waals surface area contributed by atoms with E-state index < -0.39 is 11.4 Å². The second kappa shape index (κ2) is 3.59. The van der Waals surface area contributed by atoms with E-state index >= 15 is 0 Å². The highest BCUT2D eigenvalue weighted by Crippen LogP contribution is 2.41. The van der Waals surface area contributed by atoms with E-state index in [1.54, 1.807) is 12.1 Å². The molecule has 0 fully saturated rings. The molecule has 0 radical (unpaired) electrons. The quantitative estimate of drug-likeness (QED) is 0.648. The first-order valence-electron chi connectivity index (χ1n) is 4.49. The smallest absolute Gasteiger partial charge is 0.169 e. The highest BCUT2D eigenvalue weighted by molar-refractivity contribution is 8.00. The summed E-state index contributed by atoms with van der Waals surface area (Å²) in [6.45, 7) is 1.93. The average Bonchev–Trinajstić information content (AvgIpc) is 2.15. The summed E-state index contributed by atoms with van der Waals surface area (Å²) in [6, 6.07) is 5.47. The lowest BCUT2D eigenvalue weighted by molar-refractivity contribution is -0.119. The first kappa shape index (κ1) is 10.6. The van der Waals surface area contributed by atoms with Gasteiger partial charge in [0.15, 0.2) is 0 Å². The van der Waals surface area contributed by atoms with Crippen LogP contribution in [0.1, 0.15) is 11.1 Å². The maximum Gasteiger partial charge on any atom is 0.404 e. The van der Waals surface area contributed by atoms with Gasteiger partial charge in [0.1, 0.15) is 5.25 Å². The van der Waals surface area contributed by atoms with E-state index in [9.17, 15) is 13.2 Å². The number of benzene rings is 1. The number of alkyl halides is 3. The number of fused-ring (bicyclic) bond motifs is 1. The normalized spacial score (nSPS) is 20.1. The Kier molecular flexibility index (Phi) is 2.54. The lowest BCUT2D eigenvalue weighted by atomic mass is 10.1. The maximum absolute atomic E-state index is 12.4. The standard InChI is InChI=1S/C11H9F3S/c1-7-2-4-9-8(6-7)3-5-10(15-9)11(12,13)14/h2-6,10H,1H3. The third-order valence-corrected chi connectivity index (χ3v) is 3.50. The first-order chi connectivity index (χ1) is 6.97. The molecule has 4 heteroatoms. The van der Waals surface area contributed by atoms with E-state index in [-0.39, 0.29) is 0 Å². The van der Waals surface area contributed by atoms with Gasteiger partial charge in [0, 0.05) is 4.90 Å². The summed E-state index contributed by atoms with van der Waals surface area (Å²) in [5.74, 6) is 0. The Bertz CT molecular complexity index is 407. The molecule has 1 aromatic carbocycles. The summed E-state index contributed by atoms with van der Waals surface area (Å²) in [6.07, 6.45) is -1.40. The number of hydrogen-bond acceptors (Lipinski definition) is 1. The monoisotopic (exact) mass is 230 g/mol. The second-order valence-corrected chi connectivity index (χ2v) is 4.66. The van der Waals surface area contributed by atoms with Crippen molar-refractivity contribution in [2.45, 2.75) is 23.2 Å². The van der Waals surface area contributed by atoms with Crippen LogP contribution in [0, 0.1) is 6.92 Å². The Morgan fingerprint density at radius 2 is 2.00 bits per heavy atom. The van der Waals surface area contributed by atoms with Crippen molar-refractivity contribution < 1.29 is 13.2 Å². The molecule has 2 rings (SSSR count). The Labute approximate surface area is 90.2 Å². The predicted molar refractivity (Wildman–Crippen MR) is 55.9 cm³/mol. The Hall–Kier alpha value is -0.900. The van der Waals surface area contributed by atoms with Crippen LogP contribution in [0.25, 0.3) is 6.08 Å². The highest BCUT2D eigenvalue weighted by atomic mass is 32.2. The van der Waals surface area contributed by atoms with E-state index in [0.717, 1.165) is 22.9 Å². The zero-order valence-corrected chi connectivity index (χ0v) is 8.82. The molecule has 80 valence electrons. The molecule has 1 aliphatic rings. The van der Waals surface area contributed by atoms with Gasteiger partial charge >= 0.3 is 6.18 Å². The molecule has 0 aromatic heterocycles. The number of hydrogen-bond donors (Lipinski definition) is 0. The fourth-order valence-corrected chi connectivity index (χ4v) is 2.42. The lowest BCUT2D eigenvalue weighted by Gasteiger charge is -2.21. The fourth-order valence-electron chi connectivity index (χ4n) is 1.45. The van der Waals surface area contributed by atoms with Gasteiger partial charge in [-0.25, -0.2) is 0 Å². The number of halogens is 3. The molecule has 1 atom stereocenters. The summed E-state index contributed by atoms with van der Waals surface area (Å²) < 4.78 is 37.3. The van der Waals surface area contributed by atoms with Crippen molar-refractivity contribution in [2.75, 3.05) is 0 Å². The van der Waals surface area contributed by atoms with Crippen molar-refractivity contribution >= 4 is 17.8 Å². The first-order valence-corrected chi connectivity index (χ1v) is 5.37. The highest BCUT2D eigenvalue weighted by Gasteiger charge is 2.39. The minimum atomic E-state index is -4.16. The maximum atomic E-state index is 12.4. The SMILES string of the molecule is Cc1ccc2c(c1)C=CC(C(F)(F)F)S2. The molecule has 1 heterocycles. The fraction of sp³-hybridized carbons (Fsp3) is 0.273. The zero-order valence-electron chi connectivity index (χ0n) is 8.01. The van der Waals surface area contributed by atoms with E-state index in [2.05, 4.69) is 0 Å². The second-order valence-electron chi connectivity index (χ2n) is 3.48. The van der Waals surface area contributed by atoms with Crippen molar-refractivity contribution in [3.63, 3.8) is 0 Å². The van der Waals surface area contributed by atoms with Crippen LogP contribution in [-0.2, 0) is 0 Å². The molecule has 0 saturated carbocycles. The Morgan fingerprint density at radius 1 is 1.27 bits per heavy atom. The van der Waals surface area contributed by atoms with Crippen LogP contribution >= 0.6 is 11.8 Å². The van der Waals surface area contributed by atoms with Gasteiger partial charge in [0.05, 0.1) is 0 Å². The van der Waals surface area contributed by atoms with Gasteiger partial charge in [0.2, 0.25) is 0 Å². The molecular formula is C11H9F3S. The van der Waals surface area contributed by atoms with Gasteiger partial charge < -0.3 is 0 Å². The molecule has 0 bridgehead atoms. The Balaban J connectivity index is 2.32. The van der Waals surface area contributed by atoms with Crippen LogP contribution in [0.4, 0.5) is 13.2 Å². The molecule has 0 spiro atoms. The van der Waals surface area contributed by atoms with Crippen molar-refractivity contribution in [1.82, 2.24) is 0 Å². The van der Waals surface area contributed by atoms with Crippen LogP contribution in [0.5, 0.6) is 0 Å². The molecule has 15 heavy (non-hydrogen) atoms. The Morgan fingerprint density at radius 3 is 2.67 bits per heavy atom. The average molecular weight is 230 g/mol. The van der Waals surface area contributed by atoms with E-state index in [0.29, 0.717) is 4.90 Å². The third kappa shape index (κ3) is 2.20. The van der Waals surface area contributed by atoms with Crippen molar-refractivity contribution in [2.24, 2.45) is 0 Å². The summed E-state index contributed by atoms with van der Waals surface area (Å²) in [4.78, 5) is 0.699. The molecule has 1 aromatic rings. The summed E-state index contributed by atoms with van der Waals surface area (Å²) >= 11 is 0.861. The summed E-state index contributed by atoms with van der Waals surface area (Å²) in [5.41, 5.74) is 1.94. The van der Waals surface area contributed by atoms with Crippen LogP contribution in [0.15, 0.2) is 29.2 Å². The van der Waals surface area contributed by atoms with Gasteiger partial charge in [-0.05, 0) is 18.6 Å². The third-order valence-electron chi connectivity index (χ3n) is 2.19. The van der Waals surface area contributed by atoms with Crippen LogP contribution in [0.3, 0.4) is 0 Å². The molecule has 0 amide bonds. The molecule has 0 saturated heterocycles. The number of aryl methyl sites for hydroxylation is 1. The summed E-state index contributed by atoms with van der Waals surface area (Å²) in [7, 11) is 0. The minimum Gasteiger partial charge on any atom is -0.169 e. The topological polar surface area (TPSA) is 0 Å². The van der Waals surface area contributed by atoms with Crippen molar-refractivity contribution in [1.29, 1.82) is 0 Å². The van der Waals surface area contributed by atoms with E-state index in [4.69, 9.17) is 0 Å². The van der Waals surface area contributed by atoms with Crippen LogP contribution in [0.2, 0.25) is 0 Å². The van der Waals surface area contributed by atoms with Crippen LogP contribution in [-0.4, -0.2) is 11.4 Å². The number of rotatable bonds is 0. The molecular weight excluding hydrogens is 221 g/mol. The molecule has 1 aliphatic heterocycles. The lowest BCUT2D eigenvalue weighted by Crippen LogP contribution is -2.24. The van der Waals surface area contributed by atoms with Gasteiger partial charge in [-0.2, -0.15) is 13.2 Å². The van der Waals surface area contributed by atoms with E-state index in [1.807, 2.05) is 19.1 Å². The van der Waals surface area contributed by atoms with Gasteiger partial charge in [0.25, 0.3) is 0 Å². The minimum absolute atomic E-state index is 0.699. The largest absolute Gasteiger partial charge is 0.404 e. The van der Waals surface area contributed by atoms with E-state index in [1.165, 1.54) is 6.08 Å². The van der Waals surface area contributed by atoms with Crippen molar-refractivity contribution in [3.05, 3.63) is 35.4 Å². The molecule has 0 nitrogen and oxygen atoms in total. The van der Waals surface area contributed by atoms with Crippen LogP contribution < -0.4 is 0 Å².